The number of carbonyl (C=O) groups is 1. The molecule has 94 valence electrons. The maximum atomic E-state index is 11.6. The van der Waals surface area contributed by atoms with Crippen LogP contribution in [0.3, 0.4) is 0 Å². The lowest BCUT2D eigenvalue weighted by atomic mass is 9.65. The summed E-state index contributed by atoms with van der Waals surface area (Å²) < 4.78 is 5.18. The fourth-order valence-corrected chi connectivity index (χ4v) is 2.00. The average molecular weight is 229 g/mol. The van der Waals surface area contributed by atoms with Gasteiger partial charge in [0.1, 0.15) is 5.60 Å². The van der Waals surface area contributed by atoms with E-state index in [1.54, 1.807) is 0 Å². The molecule has 0 saturated heterocycles. The lowest BCUT2D eigenvalue weighted by Gasteiger charge is -2.45. The largest absolute Gasteiger partial charge is 0.444 e. The minimum Gasteiger partial charge on any atom is -0.444 e. The van der Waals surface area contributed by atoms with Crippen molar-refractivity contribution in [3.63, 3.8) is 0 Å². The number of nitrogens with one attached hydrogen (secondary N) is 1. The van der Waals surface area contributed by atoms with Gasteiger partial charge in [-0.25, -0.2) is 4.79 Å². The van der Waals surface area contributed by atoms with Crippen LogP contribution in [0.15, 0.2) is 0 Å². The van der Waals surface area contributed by atoms with Crippen molar-refractivity contribution in [2.45, 2.75) is 58.6 Å². The van der Waals surface area contributed by atoms with Crippen molar-refractivity contribution in [3.8, 4) is 0 Å². The van der Waals surface area contributed by atoms with Crippen LogP contribution in [-0.4, -0.2) is 29.4 Å². The molecule has 16 heavy (non-hydrogen) atoms. The summed E-state index contributed by atoms with van der Waals surface area (Å²) in [5.41, 5.74) is -0.604. The van der Waals surface area contributed by atoms with Crippen molar-refractivity contribution in [2.24, 2.45) is 5.41 Å². The zero-order valence-corrected chi connectivity index (χ0v) is 10.7. The highest BCUT2D eigenvalue weighted by Crippen LogP contribution is 2.43. The van der Waals surface area contributed by atoms with Gasteiger partial charge in [-0.05, 0) is 40.5 Å². The first kappa shape index (κ1) is 13.3. The smallest absolute Gasteiger partial charge is 0.407 e. The quantitative estimate of drug-likeness (QED) is 0.778. The van der Waals surface area contributed by atoms with E-state index in [-0.39, 0.29) is 18.1 Å². The monoisotopic (exact) mass is 229 g/mol. The van der Waals surface area contributed by atoms with Gasteiger partial charge in [0.05, 0.1) is 6.61 Å². The number of carbonyl (C=O) groups excluding carboxylic acids is 1. The molecule has 2 N–H and O–H groups in total. The summed E-state index contributed by atoms with van der Waals surface area (Å²) in [7, 11) is 0. The molecule has 4 nitrogen and oxygen atoms in total. The Morgan fingerprint density at radius 2 is 2.06 bits per heavy atom. The Morgan fingerprint density at radius 1 is 1.50 bits per heavy atom. The van der Waals surface area contributed by atoms with Crippen LogP contribution in [-0.2, 0) is 4.74 Å². The molecule has 0 spiro atoms. The maximum absolute atomic E-state index is 11.6. The Balaban J connectivity index is 2.45. The normalized spacial score (nSPS) is 20.8. The number of hydrogen-bond donors (Lipinski definition) is 2. The molecule has 1 saturated carbocycles. The standard InChI is InChI=1S/C12H23NO3/c1-9(12(8-14)6-5-7-12)13-10(15)16-11(2,3)4/h9,14H,5-8H2,1-4H3,(H,13,15). The highest BCUT2D eigenvalue weighted by atomic mass is 16.6. The second-order valence-electron chi connectivity index (χ2n) is 5.74. The number of amides is 1. The zero-order chi connectivity index (χ0) is 12.4. The molecule has 1 amide bonds. The minimum absolute atomic E-state index is 0.0406. The molecule has 0 aromatic carbocycles. The minimum atomic E-state index is -0.476. The van der Waals surface area contributed by atoms with E-state index in [0.717, 1.165) is 19.3 Å². The van der Waals surface area contributed by atoms with Gasteiger partial charge in [0, 0.05) is 11.5 Å². The van der Waals surface area contributed by atoms with Crippen LogP contribution in [0.1, 0.15) is 47.0 Å². The van der Waals surface area contributed by atoms with E-state index in [1.165, 1.54) is 0 Å². The van der Waals surface area contributed by atoms with E-state index in [1.807, 2.05) is 27.7 Å². The van der Waals surface area contributed by atoms with E-state index in [0.29, 0.717) is 0 Å². The van der Waals surface area contributed by atoms with Crippen molar-refractivity contribution in [3.05, 3.63) is 0 Å². The van der Waals surface area contributed by atoms with Crippen molar-refractivity contribution < 1.29 is 14.6 Å². The predicted octanol–water partition coefficient (Wildman–Crippen LogP) is 2.06. The summed E-state index contributed by atoms with van der Waals surface area (Å²) in [5, 5.41) is 12.2. The Bertz CT molecular complexity index is 248. The van der Waals surface area contributed by atoms with E-state index in [2.05, 4.69) is 5.32 Å². The fourth-order valence-electron chi connectivity index (χ4n) is 2.00. The molecule has 0 aliphatic heterocycles. The Labute approximate surface area is 97.4 Å². The Hall–Kier alpha value is -0.770. The fraction of sp³-hybridized carbons (Fsp3) is 0.917. The molecular weight excluding hydrogens is 206 g/mol. The SMILES string of the molecule is CC(NC(=O)OC(C)(C)C)C1(CO)CCC1. The third-order valence-corrected chi connectivity index (χ3v) is 3.32. The number of alkyl carbamates (subject to hydrolysis) is 1. The number of aliphatic hydroxyl groups is 1. The van der Waals surface area contributed by atoms with Gasteiger partial charge in [-0.15, -0.1) is 0 Å². The summed E-state index contributed by atoms with van der Waals surface area (Å²) in [4.78, 5) is 11.6. The molecule has 1 unspecified atom stereocenters. The van der Waals surface area contributed by atoms with Crippen molar-refractivity contribution in [2.75, 3.05) is 6.61 Å². The second kappa shape index (κ2) is 4.62. The number of ether oxygens (including phenoxy) is 1. The summed E-state index contributed by atoms with van der Waals surface area (Å²) in [6.07, 6.45) is 2.67. The molecule has 0 bridgehead atoms. The summed E-state index contributed by atoms with van der Waals surface area (Å²) in [6, 6.07) is -0.0406. The van der Waals surface area contributed by atoms with Crippen molar-refractivity contribution in [1.29, 1.82) is 0 Å². The molecule has 1 atom stereocenters. The highest BCUT2D eigenvalue weighted by Gasteiger charge is 2.42. The third-order valence-electron chi connectivity index (χ3n) is 3.32. The van der Waals surface area contributed by atoms with Gasteiger partial charge in [0.15, 0.2) is 0 Å². The summed E-state index contributed by atoms with van der Waals surface area (Å²) >= 11 is 0. The van der Waals surface area contributed by atoms with Crippen LogP contribution < -0.4 is 5.32 Å². The lowest BCUT2D eigenvalue weighted by Crippen LogP contribution is -2.52. The first-order chi connectivity index (χ1) is 7.29. The maximum Gasteiger partial charge on any atom is 0.407 e. The predicted molar refractivity (Wildman–Crippen MR) is 62.2 cm³/mol. The average Bonchev–Trinajstić information content (AvgIpc) is 1.98. The van der Waals surface area contributed by atoms with Crippen LogP contribution >= 0.6 is 0 Å². The zero-order valence-electron chi connectivity index (χ0n) is 10.7. The van der Waals surface area contributed by atoms with E-state index in [4.69, 9.17) is 4.74 Å². The van der Waals surface area contributed by atoms with Crippen LogP contribution in [0.5, 0.6) is 0 Å². The van der Waals surface area contributed by atoms with E-state index in [9.17, 15) is 9.90 Å². The highest BCUT2D eigenvalue weighted by molar-refractivity contribution is 5.68. The molecule has 0 aromatic rings. The molecule has 1 aliphatic rings. The molecule has 1 rings (SSSR count). The van der Waals surface area contributed by atoms with Gasteiger partial charge in [0.2, 0.25) is 0 Å². The van der Waals surface area contributed by atoms with Crippen LogP contribution in [0.2, 0.25) is 0 Å². The van der Waals surface area contributed by atoms with Crippen LogP contribution in [0.4, 0.5) is 4.79 Å². The van der Waals surface area contributed by atoms with Gasteiger partial charge in [-0.2, -0.15) is 0 Å². The molecule has 1 fully saturated rings. The van der Waals surface area contributed by atoms with E-state index < -0.39 is 11.7 Å². The second-order valence-corrected chi connectivity index (χ2v) is 5.74. The Kier molecular flexibility index (Phi) is 3.84. The van der Waals surface area contributed by atoms with Gasteiger partial charge in [-0.1, -0.05) is 6.42 Å². The molecule has 0 heterocycles. The molecule has 1 aliphatic carbocycles. The van der Waals surface area contributed by atoms with Crippen molar-refractivity contribution >= 4 is 6.09 Å². The van der Waals surface area contributed by atoms with Gasteiger partial charge >= 0.3 is 6.09 Å². The third kappa shape index (κ3) is 3.11. The van der Waals surface area contributed by atoms with Gasteiger partial charge in [0.25, 0.3) is 0 Å². The molecule has 0 aromatic heterocycles. The number of aliphatic hydroxyl groups excluding tert-OH is 1. The van der Waals surface area contributed by atoms with Gasteiger partial charge < -0.3 is 15.2 Å². The Morgan fingerprint density at radius 3 is 2.38 bits per heavy atom. The lowest BCUT2D eigenvalue weighted by molar-refractivity contribution is 0.00217. The van der Waals surface area contributed by atoms with Crippen molar-refractivity contribution in [1.82, 2.24) is 5.32 Å². The summed E-state index contributed by atoms with van der Waals surface area (Å²) in [5.74, 6) is 0. The first-order valence-electron chi connectivity index (χ1n) is 5.89. The number of hydrogen-bond acceptors (Lipinski definition) is 3. The molecule has 0 radical (unpaired) electrons. The van der Waals surface area contributed by atoms with E-state index >= 15 is 0 Å². The van der Waals surface area contributed by atoms with Crippen LogP contribution in [0, 0.1) is 5.41 Å². The number of rotatable bonds is 3. The first-order valence-corrected chi connectivity index (χ1v) is 5.89. The molecular formula is C12H23NO3. The topological polar surface area (TPSA) is 58.6 Å². The van der Waals surface area contributed by atoms with Crippen LogP contribution in [0.25, 0.3) is 0 Å². The van der Waals surface area contributed by atoms with Gasteiger partial charge in [-0.3, -0.25) is 0 Å². The molecule has 4 heteroatoms. The summed E-state index contributed by atoms with van der Waals surface area (Å²) in [6.45, 7) is 7.57.